The number of rotatable bonds is 1. The Morgan fingerprint density at radius 3 is 2.89 bits per heavy atom. The molecule has 1 saturated heterocycles. The van der Waals surface area contributed by atoms with E-state index in [-0.39, 0.29) is 11.4 Å². The molecule has 0 spiro atoms. The fourth-order valence-corrected chi connectivity index (χ4v) is 2.68. The zero-order valence-electron chi connectivity index (χ0n) is 10.4. The van der Waals surface area contributed by atoms with E-state index in [1.165, 1.54) is 0 Å². The van der Waals surface area contributed by atoms with Gasteiger partial charge in [0.2, 0.25) is 0 Å². The minimum Gasteiger partial charge on any atom is -0.377 e. The van der Waals surface area contributed by atoms with Crippen LogP contribution in [0.4, 0.5) is 0 Å². The maximum Gasteiger partial charge on any atom is 0.255 e. The van der Waals surface area contributed by atoms with Crippen LogP contribution in [0.3, 0.4) is 0 Å². The van der Waals surface area contributed by atoms with E-state index in [9.17, 15) is 4.79 Å². The second-order valence-electron chi connectivity index (χ2n) is 4.99. The highest BCUT2D eigenvalue weighted by Crippen LogP contribution is 2.26. The molecule has 2 rings (SSSR count). The summed E-state index contributed by atoms with van der Waals surface area (Å²) in [4.78, 5) is 15.2. The Balaban J connectivity index is 2.33. The van der Waals surface area contributed by atoms with Crippen LogP contribution in [-0.2, 0) is 4.74 Å². The number of thiol groups is 1. The molecule has 0 atom stereocenters. The van der Waals surface area contributed by atoms with Gasteiger partial charge in [-0.1, -0.05) is 0 Å². The SMILES string of the molecule is CC1(C)COCCN1C(=O)c1cc(S)ccc1Br. The molecule has 1 aromatic carbocycles. The second kappa shape index (κ2) is 5.23. The van der Waals surface area contributed by atoms with Gasteiger partial charge in [-0.3, -0.25) is 4.79 Å². The molecule has 1 amide bonds. The third-order valence-electron chi connectivity index (χ3n) is 3.07. The summed E-state index contributed by atoms with van der Waals surface area (Å²) in [5.74, 6) is 0.0195. The van der Waals surface area contributed by atoms with Crippen LogP contribution >= 0.6 is 28.6 Å². The van der Waals surface area contributed by atoms with E-state index in [2.05, 4.69) is 28.6 Å². The summed E-state index contributed by atoms with van der Waals surface area (Å²) in [5, 5.41) is 0. The Morgan fingerprint density at radius 2 is 2.22 bits per heavy atom. The topological polar surface area (TPSA) is 29.5 Å². The number of morpholine rings is 1. The van der Waals surface area contributed by atoms with Crippen molar-refractivity contribution in [2.75, 3.05) is 19.8 Å². The molecule has 0 aliphatic carbocycles. The first-order valence-electron chi connectivity index (χ1n) is 5.80. The van der Waals surface area contributed by atoms with E-state index in [0.29, 0.717) is 25.3 Å². The van der Waals surface area contributed by atoms with Gasteiger partial charge in [0.25, 0.3) is 5.91 Å². The van der Waals surface area contributed by atoms with Gasteiger partial charge in [0.15, 0.2) is 0 Å². The molecule has 0 radical (unpaired) electrons. The average molecular weight is 330 g/mol. The van der Waals surface area contributed by atoms with Gasteiger partial charge in [-0.25, -0.2) is 0 Å². The van der Waals surface area contributed by atoms with Crippen LogP contribution in [0.2, 0.25) is 0 Å². The van der Waals surface area contributed by atoms with E-state index in [1.54, 1.807) is 6.07 Å². The Morgan fingerprint density at radius 1 is 1.50 bits per heavy atom. The van der Waals surface area contributed by atoms with Gasteiger partial charge in [0.1, 0.15) is 0 Å². The van der Waals surface area contributed by atoms with Gasteiger partial charge in [0.05, 0.1) is 24.3 Å². The van der Waals surface area contributed by atoms with Gasteiger partial charge in [-0.15, -0.1) is 12.6 Å². The molecule has 5 heteroatoms. The van der Waals surface area contributed by atoms with Gasteiger partial charge in [0, 0.05) is 15.9 Å². The lowest BCUT2D eigenvalue weighted by atomic mass is 10.0. The standard InChI is InChI=1S/C13H16BrNO2S/c1-13(2)8-17-6-5-15(13)12(16)10-7-9(18)3-4-11(10)14/h3-4,7,18H,5-6,8H2,1-2H3. The lowest BCUT2D eigenvalue weighted by Gasteiger charge is -2.42. The zero-order chi connectivity index (χ0) is 13.3. The quantitative estimate of drug-likeness (QED) is 0.802. The van der Waals surface area contributed by atoms with Crippen LogP contribution in [0.1, 0.15) is 24.2 Å². The third-order valence-corrected chi connectivity index (χ3v) is 4.04. The summed E-state index contributed by atoms with van der Waals surface area (Å²) in [6.45, 7) is 5.81. The van der Waals surface area contributed by atoms with E-state index < -0.39 is 0 Å². The monoisotopic (exact) mass is 329 g/mol. The maximum absolute atomic E-state index is 12.6. The van der Waals surface area contributed by atoms with Crippen molar-refractivity contribution in [3.8, 4) is 0 Å². The molecule has 0 saturated carbocycles. The molecule has 0 N–H and O–H groups in total. The number of hydrogen-bond acceptors (Lipinski definition) is 3. The first-order chi connectivity index (χ1) is 8.42. The molecule has 1 aliphatic rings. The number of ether oxygens (including phenoxy) is 1. The smallest absolute Gasteiger partial charge is 0.255 e. The molecular formula is C13H16BrNO2S. The molecule has 0 bridgehead atoms. The highest BCUT2D eigenvalue weighted by molar-refractivity contribution is 9.10. The zero-order valence-corrected chi connectivity index (χ0v) is 12.9. The van der Waals surface area contributed by atoms with Crippen molar-refractivity contribution in [2.24, 2.45) is 0 Å². The maximum atomic E-state index is 12.6. The van der Waals surface area contributed by atoms with Crippen molar-refractivity contribution in [1.82, 2.24) is 4.90 Å². The fraction of sp³-hybridized carbons (Fsp3) is 0.462. The van der Waals surface area contributed by atoms with E-state index in [0.717, 1.165) is 9.37 Å². The molecule has 98 valence electrons. The Labute approximate surface area is 121 Å². The Kier molecular flexibility index (Phi) is 4.04. The van der Waals surface area contributed by atoms with Crippen molar-refractivity contribution in [3.05, 3.63) is 28.2 Å². The molecular weight excluding hydrogens is 314 g/mol. The Bertz CT molecular complexity index is 476. The molecule has 0 unspecified atom stereocenters. The van der Waals surface area contributed by atoms with E-state index in [1.807, 2.05) is 30.9 Å². The van der Waals surface area contributed by atoms with Crippen LogP contribution in [0.15, 0.2) is 27.6 Å². The summed E-state index contributed by atoms with van der Waals surface area (Å²) in [5.41, 5.74) is 0.374. The lowest BCUT2D eigenvalue weighted by molar-refractivity contribution is -0.0371. The molecule has 0 aromatic heterocycles. The number of nitrogens with zero attached hydrogens (tertiary/aromatic N) is 1. The molecule has 1 heterocycles. The first-order valence-corrected chi connectivity index (χ1v) is 7.04. The number of carbonyl (C=O) groups is 1. The Hall–Kier alpha value is -0.520. The van der Waals surface area contributed by atoms with Gasteiger partial charge in [-0.2, -0.15) is 0 Å². The van der Waals surface area contributed by atoms with Crippen LogP contribution in [0, 0.1) is 0 Å². The fourth-order valence-electron chi connectivity index (χ4n) is 2.06. The molecule has 1 aromatic rings. The average Bonchev–Trinajstić information content (AvgIpc) is 2.31. The second-order valence-corrected chi connectivity index (χ2v) is 6.36. The lowest BCUT2D eigenvalue weighted by Crippen LogP contribution is -2.55. The molecule has 18 heavy (non-hydrogen) atoms. The van der Waals surface area contributed by atoms with Crippen molar-refractivity contribution < 1.29 is 9.53 Å². The summed E-state index contributed by atoms with van der Waals surface area (Å²) in [7, 11) is 0. The van der Waals surface area contributed by atoms with Crippen LogP contribution in [-0.4, -0.2) is 36.1 Å². The summed E-state index contributed by atoms with van der Waals surface area (Å²) in [6, 6.07) is 5.50. The van der Waals surface area contributed by atoms with Crippen molar-refractivity contribution >= 4 is 34.5 Å². The molecule has 1 aliphatic heterocycles. The molecule has 3 nitrogen and oxygen atoms in total. The van der Waals surface area contributed by atoms with E-state index in [4.69, 9.17) is 4.74 Å². The molecule has 1 fully saturated rings. The first kappa shape index (κ1) is 13.9. The van der Waals surface area contributed by atoms with Crippen LogP contribution < -0.4 is 0 Å². The largest absolute Gasteiger partial charge is 0.377 e. The third kappa shape index (κ3) is 2.73. The number of halogens is 1. The predicted molar refractivity (Wildman–Crippen MR) is 77.3 cm³/mol. The highest BCUT2D eigenvalue weighted by atomic mass is 79.9. The number of carbonyl (C=O) groups excluding carboxylic acids is 1. The number of benzene rings is 1. The van der Waals surface area contributed by atoms with Crippen molar-refractivity contribution in [1.29, 1.82) is 0 Å². The van der Waals surface area contributed by atoms with Crippen molar-refractivity contribution in [2.45, 2.75) is 24.3 Å². The van der Waals surface area contributed by atoms with Gasteiger partial charge in [-0.05, 0) is 48.0 Å². The van der Waals surface area contributed by atoms with Crippen LogP contribution in [0.5, 0.6) is 0 Å². The number of hydrogen-bond donors (Lipinski definition) is 1. The number of amides is 1. The van der Waals surface area contributed by atoms with Crippen LogP contribution in [0.25, 0.3) is 0 Å². The van der Waals surface area contributed by atoms with Crippen molar-refractivity contribution in [3.63, 3.8) is 0 Å². The predicted octanol–water partition coefficient (Wildman–Crippen LogP) is 2.99. The highest BCUT2D eigenvalue weighted by Gasteiger charge is 2.35. The summed E-state index contributed by atoms with van der Waals surface area (Å²) in [6.07, 6.45) is 0. The minimum absolute atomic E-state index is 0.0195. The normalized spacial score (nSPS) is 18.8. The minimum atomic E-state index is -0.276. The van der Waals surface area contributed by atoms with Gasteiger partial charge < -0.3 is 9.64 Å². The van der Waals surface area contributed by atoms with E-state index >= 15 is 0 Å². The van der Waals surface area contributed by atoms with Gasteiger partial charge >= 0.3 is 0 Å². The summed E-state index contributed by atoms with van der Waals surface area (Å²) < 4.78 is 6.23. The summed E-state index contributed by atoms with van der Waals surface area (Å²) >= 11 is 7.71.